The number of aryl methyl sites for hydroxylation is 1. The van der Waals surface area contributed by atoms with Gasteiger partial charge >= 0.3 is 6.03 Å². The molecule has 1 atom stereocenters. The van der Waals surface area contributed by atoms with Crippen molar-refractivity contribution in [2.75, 3.05) is 26.0 Å². The van der Waals surface area contributed by atoms with Crippen LogP contribution < -0.4 is 10.6 Å². The molecule has 0 aliphatic heterocycles. The number of pyridine rings is 1. The maximum atomic E-state index is 12.4. The topological polar surface area (TPSA) is 61.7 Å². The summed E-state index contributed by atoms with van der Waals surface area (Å²) in [6.45, 7) is 2.59. The smallest absolute Gasteiger partial charge is 0.319 e. The predicted octanol–water partition coefficient (Wildman–Crippen LogP) is 4.80. The molecular weight excluding hydrogens is 394 g/mol. The Balaban J connectivity index is 1.39. The quantitative estimate of drug-likeness (QED) is 0.472. The average Bonchev–Trinajstić information content (AvgIpc) is 3.39. The van der Waals surface area contributed by atoms with Gasteiger partial charge in [-0.3, -0.25) is 0 Å². The van der Waals surface area contributed by atoms with E-state index in [1.807, 2.05) is 67.3 Å². The molecule has 154 valence electrons. The van der Waals surface area contributed by atoms with Crippen molar-refractivity contribution < 1.29 is 4.79 Å². The first-order chi connectivity index (χ1) is 14.5. The SMILES string of the molecule is Cc1cccn2cc(-c3ccc(NC(=O)NC[C@H](c4cccs4)N(C)C)cc3)nc12. The van der Waals surface area contributed by atoms with Crippen molar-refractivity contribution in [3.8, 4) is 11.3 Å². The van der Waals surface area contributed by atoms with Gasteiger partial charge in [0.25, 0.3) is 0 Å². The van der Waals surface area contributed by atoms with E-state index < -0.39 is 0 Å². The molecule has 0 radical (unpaired) electrons. The average molecular weight is 420 g/mol. The zero-order valence-electron chi connectivity index (χ0n) is 17.3. The Morgan fingerprint density at radius 2 is 1.97 bits per heavy atom. The number of nitrogens with zero attached hydrogens (tertiary/aromatic N) is 3. The third-order valence-corrected chi connectivity index (χ3v) is 6.04. The minimum absolute atomic E-state index is 0.150. The molecule has 0 spiro atoms. The van der Waals surface area contributed by atoms with Crippen LogP contribution in [0.3, 0.4) is 0 Å². The standard InChI is InChI=1S/C23H25N5OS/c1-16-6-4-12-28-15-19(26-22(16)28)17-8-10-18(11-9-17)25-23(29)24-14-20(27(2)3)21-7-5-13-30-21/h4-13,15,20H,14H2,1-3H3,(H2,24,25,29)/t20-/m1/s1. The predicted molar refractivity (Wildman–Crippen MR) is 123 cm³/mol. The van der Waals surface area contributed by atoms with Crippen molar-refractivity contribution in [1.29, 1.82) is 0 Å². The minimum Gasteiger partial charge on any atom is -0.336 e. The molecule has 1 aromatic carbocycles. The van der Waals surface area contributed by atoms with Crippen molar-refractivity contribution >= 4 is 28.7 Å². The Labute approximate surface area is 180 Å². The highest BCUT2D eigenvalue weighted by Crippen LogP contribution is 2.23. The number of likely N-dealkylation sites (N-methyl/N-ethyl adjacent to an activating group) is 1. The number of benzene rings is 1. The molecule has 0 bridgehead atoms. The van der Waals surface area contributed by atoms with Gasteiger partial charge in [0.05, 0.1) is 11.7 Å². The van der Waals surface area contributed by atoms with Crippen molar-refractivity contribution in [3.63, 3.8) is 0 Å². The minimum atomic E-state index is -0.213. The Morgan fingerprint density at radius 3 is 2.63 bits per heavy atom. The second-order valence-electron chi connectivity index (χ2n) is 7.46. The number of hydrogen-bond donors (Lipinski definition) is 2. The normalized spacial score (nSPS) is 12.3. The van der Waals surface area contributed by atoms with E-state index in [1.165, 1.54) is 4.88 Å². The number of carbonyl (C=O) groups is 1. The van der Waals surface area contributed by atoms with Crippen molar-refractivity contribution in [1.82, 2.24) is 19.6 Å². The number of thiophene rings is 1. The first-order valence-electron chi connectivity index (χ1n) is 9.80. The van der Waals surface area contributed by atoms with Crippen molar-refractivity contribution in [3.05, 3.63) is 76.7 Å². The lowest BCUT2D eigenvalue weighted by molar-refractivity contribution is 0.244. The number of urea groups is 1. The molecule has 7 heteroatoms. The fourth-order valence-electron chi connectivity index (χ4n) is 3.40. The molecule has 30 heavy (non-hydrogen) atoms. The van der Waals surface area contributed by atoms with Crippen LogP contribution in [0.2, 0.25) is 0 Å². The third kappa shape index (κ3) is 4.37. The number of carbonyl (C=O) groups excluding carboxylic acids is 1. The van der Waals surface area contributed by atoms with E-state index in [2.05, 4.69) is 40.0 Å². The van der Waals surface area contributed by atoms with E-state index in [0.29, 0.717) is 6.54 Å². The lowest BCUT2D eigenvalue weighted by Gasteiger charge is -2.23. The van der Waals surface area contributed by atoms with Crippen LogP contribution in [-0.4, -0.2) is 41.0 Å². The number of amides is 2. The van der Waals surface area contributed by atoms with Crippen LogP contribution >= 0.6 is 11.3 Å². The lowest BCUT2D eigenvalue weighted by Crippen LogP contribution is -2.36. The molecule has 0 aliphatic carbocycles. The van der Waals surface area contributed by atoms with E-state index in [-0.39, 0.29) is 12.1 Å². The van der Waals surface area contributed by atoms with Crippen LogP contribution in [0.5, 0.6) is 0 Å². The van der Waals surface area contributed by atoms with E-state index in [0.717, 1.165) is 28.2 Å². The van der Waals surface area contributed by atoms with Crippen molar-refractivity contribution in [2.45, 2.75) is 13.0 Å². The molecule has 4 aromatic rings. The number of nitrogens with one attached hydrogen (secondary N) is 2. The fourth-order valence-corrected chi connectivity index (χ4v) is 4.32. The Kier molecular flexibility index (Phi) is 5.83. The molecule has 2 amide bonds. The summed E-state index contributed by atoms with van der Waals surface area (Å²) in [5.74, 6) is 0. The van der Waals surface area contributed by atoms with Gasteiger partial charge < -0.3 is 19.9 Å². The maximum Gasteiger partial charge on any atom is 0.319 e. The van der Waals surface area contributed by atoms with E-state index in [9.17, 15) is 4.79 Å². The summed E-state index contributed by atoms with van der Waals surface area (Å²) in [5.41, 5.74) is 4.75. The molecule has 0 fully saturated rings. The van der Waals surface area contributed by atoms with E-state index in [1.54, 1.807) is 11.3 Å². The van der Waals surface area contributed by atoms with E-state index in [4.69, 9.17) is 4.98 Å². The van der Waals surface area contributed by atoms with Gasteiger partial charge in [-0.25, -0.2) is 9.78 Å². The second kappa shape index (κ2) is 8.69. The summed E-state index contributed by atoms with van der Waals surface area (Å²) >= 11 is 1.70. The highest BCUT2D eigenvalue weighted by atomic mass is 32.1. The molecule has 6 nitrogen and oxygen atoms in total. The van der Waals surface area contributed by atoms with Crippen LogP contribution in [-0.2, 0) is 0 Å². The highest BCUT2D eigenvalue weighted by molar-refractivity contribution is 7.10. The first-order valence-corrected chi connectivity index (χ1v) is 10.7. The number of rotatable bonds is 6. The molecule has 0 saturated carbocycles. The molecule has 0 unspecified atom stereocenters. The molecule has 4 rings (SSSR count). The number of fused-ring (bicyclic) bond motifs is 1. The molecule has 2 N–H and O–H groups in total. The summed E-state index contributed by atoms with van der Waals surface area (Å²) in [7, 11) is 4.03. The summed E-state index contributed by atoms with van der Waals surface area (Å²) in [6, 6.07) is 15.9. The monoisotopic (exact) mass is 419 g/mol. The summed E-state index contributed by atoms with van der Waals surface area (Å²) < 4.78 is 2.03. The second-order valence-corrected chi connectivity index (χ2v) is 8.43. The van der Waals surface area contributed by atoms with Crippen LogP contribution in [0.25, 0.3) is 16.9 Å². The molecule has 0 saturated heterocycles. The van der Waals surface area contributed by atoms with Crippen LogP contribution in [0.15, 0.2) is 66.3 Å². The zero-order valence-corrected chi connectivity index (χ0v) is 18.1. The molecule has 0 aliphatic rings. The van der Waals surface area contributed by atoms with Gasteiger partial charge in [-0.2, -0.15) is 0 Å². The number of aromatic nitrogens is 2. The highest BCUT2D eigenvalue weighted by Gasteiger charge is 2.16. The largest absolute Gasteiger partial charge is 0.336 e. The van der Waals surface area contributed by atoms with Gasteiger partial charge in [0.2, 0.25) is 0 Å². The van der Waals surface area contributed by atoms with Crippen LogP contribution in [0.4, 0.5) is 10.5 Å². The Hall–Kier alpha value is -3.16. The van der Waals surface area contributed by atoms with E-state index >= 15 is 0 Å². The maximum absolute atomic E-state index is 12.4. The van der Waals surface area contributed by atoms with Gasteiger partial charge in [0.1, 0.15) is 5.65 Å². The summed E-state index contributed by atoms with van der Waals surface area (Å²) in [5, 5.41) is 7.93. The molecule has 3 heterocycles. The summed E-state index contributed by atoms with van der Waals surface area (Å²) in [4.78, 5) is 20.4. The molecule has 3 aromatic heterocycles. The van der Waals surface area contributed by atoms with Gasteiger partial charge in [0, 0.05) is 35.1 Å². The number of anilines is 1. The fraction of sp³-hybridized carbons (Fsp3) is 0.217. The van der Waals surface area contributed by atoms with Gasteiger partial charge in [0.15, 0.2) is 0 Å². The summed E-state index contributed by atoms with van der Waals surface area (Å²) in [6.07, 6.45) is 4.01. The Bertz CT molecular complexity index is 1130. The lowest BCUT2D eigenvalue weighted by atomic mass is 10.1. The van der Waals surface area contributed by atoms with Crippen LogP contribution in [0, 0.1) is 6.92 Å². The third-order valence-electron chi connectivity index (χ3n) is 5.07. The number of hydrogen-bond acceptors (Lipinski definition) is 4. The number of imidazole rings is 1. The van der Waals surface area contributed by atoms with Crippen molar-refractivity contribution in [2.24, 2.45) is 0 Å². The molecular formula is C23H25N5OS. The van der Waals surface area contributed by atoms with Gasteiger partial charge in [-0.1, -0.05) is 24.3 Å². The van der Waals surface area contributed by atoms with Gasteiger partial charge in [-0.05, 0) is 56.2 Å². The Morgan fingerprint density at radius 1 is 1.17 bits per heavy atom. The first kappa shape index (κ1) is 20.1. The van der Waals surface area contributed by atoms with Crippen LogP contribution in [0.1, 0.15) is 16.5 Å². The zero-order chi connectivity index (χ0) is 21.1. The van der Waals surface area contributed by atoms with Gasteiger partial charge in [-0.15, -0.1) is 11.3 Å².